The first-order chi connectivity index (χ1) is 12.2. The van der Waals surface area contributed by atoms with Crippen molar-refractivity contribution >= 4 is 22.4 Å². The molecule has 3 rings (SSSR count). The summed E-state index contributed by atoms with van der Waals surface area (Å²) in [5.41, 5.74) is 11.1. The Labute approximate surface area is 151 Å². The molecular formula is C20H20N2O2S. The van der Waals surface area contributed by atoms with Crippen molar-refractivity contribution in [1.29, 1.82) is 0 Å². The number of nitrogen functional groups attached to an aromatic ring is 1. The molecule has 1 heterocycles. The van der Waals surface area contributed by atoms with Crippen molar-refractivity contribution < 1.29 is 9.53 Å². The number of carbonyl (C=O) groups excluding carboxylic acids is 1. The van der Waals surface area contributed by atoms with E-state index < -0.39 is 0 Å². The second-order valence-corrected chi connectivity index (χ2v) is 6.54. The number of rotatable bonds is 6. The van der Waals surface area contributed by atoms with Crippen LogP contribution in [0.4, 0.5) is 5.13 Å². The van der Waals surface area contributed by atoms with Crippen molar-refractivity contribution in [2.75, 3.05) is 12.3 Å². The molecule has 0 saturated carbocycles. The van der Waals surface area contributed by atoms with Gasteiger partial charge in [-0.05, 0) is 36.1 Å². The minimum absolute atomic E-state index is 0.151. The predicted octanol–water partition coefficient (Wildman–Crippen LogP) is 4.56. The fourth-order valence-electron chi connectivity index (χ4n) is 2.62. The molecule has 0 atom stereocenters. The van der Waals surface area contributed by atoms with E-state index in [1.807, 2.05) is 24.4 Å². The highest BCUT2D eigenvalue weighted by Gasteiger charge is 2.06. The van der Waals surface area contributed by atoms with Gasteiger partial charge in [0, 0.05) is 17.4 Å². The molecule has 0 unspecified atom stereocenters. The SMILES string of the molecule is CCOC(=O)CCc1ccc(-c2cccc(-c3csc(N)n3)c2)cc1. The molecule has 0 aliphatic heterocycles. The average Bonchev–Trinajstić information content (AvgIpc) is 3.07. The highest BCUT2D eigenvalue weighted by Crippen LogP contribution is 2.28. The monoisotopic (exact) mass is 352 g/mol. The lowest BCUT2D eigenvalue weighted by Crippen LogP contribution is -2.05. The lowest BCUT2D eigenvalue weighted by Gasteiger charge is -2.06. The van der Waals surface area contributed by atoms with Crippen LogP contribution in [0.25, 0.3) is 22.4 Å². The molecule has 5 heteroatoms. The van der Waals surface area contributed by atoms with E-state index >= 15 is 0 Å². The maximum absolute atomic E-state index is 11.4. The van der Waals surface area contributed by atoms with E-state index in [4.69, 9.17) is 10.5 Å². The first-order valence-electron chi connectivity index (χ1n) is 8.22. The van der Waals surface area contributed by atoms with Crippen LogP contribution < -0.4 is 5.73 Å². The first-order valence-corrected chi connectivity index (χ1v) is 9.10. The van der Waals surface area contributed by atoms with E-state index in [0.717, 1.165) is 27.9 Å². The third-order valence-corrected chi connectivity index (χ3v) is 4.56. The van der Waals surface area contributed by atoms with Crippen LogP contribution in [0.5, 0.6) is 0 Å². The molecule has 1 aromatic heterocycles. The Morgan fingerprint density at radius 1 is 1.12 bits per heavy atom. The van der Waals surface area contributed by atoms with Crippen molar-refractivity contribution in [3.63, 3.8) is 0 Å². The summed E-state index contributed by atoms with van der Waals surface area (Å²) >= 11 is 1.44. The molecule has 128 valence electrons. The van der Waals surface area contributed by atoms with E-state index in [9.17, 15) is 4.79 Å². The lowest BCUT2D eigenvalue weighted by molar-refractivity contribution is -0.143. The summed E-state index contributed by atoms with van der Waals surface area (Å²) < 4.78 is 4.96. The van der Waals surface area contributed by atoms with Crippen molar-refractivity contribution in [1.82, 2.24) is 4.98 Å². The molecule has 0 fully saturated rings. The Bertz CT molecular complexity index is 856. The number of anilines is 1. The van der Waals surface area contributed by atoms with Crippen LogP contribution in [-0.4, -0.2) is 17.6 Å². The molecule has 25 heavy (non-hydrogen) atoms. The molecule has 0 radical (unpaired) electrons. The van der Waals surface area contributed by atoms with Gasteiger partial charge in [0.1, 0.15) is 0 Å². The number of hydrogen-bond donors (Lipinski definition) is 1. The van der Waals surface area contributed by atoms with Crippen LogP contribution in [0, 0.1) is 0 Å². The second kappa shape index (κ2) is 7.94. The zero-order valence-electron chi connectivity index (χ0n) is 14.1. The van der Waals surface area contributed by atoms with Crippen LogP contribution >= 0.6 is 11.3 Å². The third-order valence-electron chi connectivity index (χ3n) is 3.89. The second-order valence-electron chi connectivity index (χ2n) is 5.65. The van der Waals surface area contributed by atoms with Gasteiger partial charge in [0.25, 0.3) is 0 Å². The normalized spacial score (nSPS) is 10.6. The molecule has 3 aromatic rings. The number of esters is 1. The van der Waals surface area contributed by atoms with Crippen LogP contribution in [0.15, 0.2) is 53.9 Å². The molecule has 2 aromatic carbocycles. The van der Waals surface area contributed by atoms with Crippen LogP contribution in [0.3, 0.4) is 0 Å². The zero-order chi connectivity index (χ0) is 17.6. The minimum atomic E-state index is -0.151. The van der Waals surface area contributed by atoms with Gasteiger partial charge in [0.2, 0.25) is 0 Å². The third kappa shape index (κ3) is 4.45. The number of hydrogen-bond acceptors (Lipinski definition) is 5. The number of aromatic nitrogens is 1. The number of carbonyl (C=O) groups is 1. The van der Waals surface area contributed by atoms with Gasteiger partial charge in [-0.25, -0.2) is 4.98 Å². The van der Waals surface area contributed by atoms with Gasteiger partial charge < -0.3 is 10.5 Å². The van der Waals surface area contributed by atoms with E-state index in [1.54, 1.807) is 0 Å². The Kier molecular flexibility index (Phi) is 5.46. The zero-order valence-corrected chi connectivity index (χ0v) is 14.9. The number of benzene rings is 2. The predicted molar refractivity (Wildman–Crippen MR) is 102 cm³/mol. The van der Waals surface area contributed by atoms with E-state index in [-0.39, 0.29) is 5.97 Å². The number of aryl methyl sites for hydroxylation is 1. The summed E-state index contributed by atoms with van der Waals surface area (Å²) in [6.45, 7) is 2.25. The highest BCUT2D eigenvalue weighted by molar-refractivity contribution is 7.13. The number of thiazole rings is 1. The smallest absolute Gasteiger partial charge is 0.306 e. The van der Waals surface area contributed by atoms with Gasteiger partial charge in [-0.1, -0.05) is 42.5 Å². The molecule has 0 aliphatic carbocycles. The Balaban J connectivity index is 1.73. The summed E-state index contributed by atoms with van der Waals surface area (Å²) in [4.78, 5) is 15.8. The first kappa shape index (κ1) is 17.2. The van der Waals surface area contributed by atoms with Gasteiger partial charge >= 0.3 is 5.97 Å². The fourth-order valence-corrected chi connectivity index (χ4v) is 3.19. The summed E-state index contributed by atoms with van der Waals surface area (Å²) in [5, 5.41) is 2.54. The maximum atomic E-state index is 11.4. The van der Waals surface area contributed by atoms with Crippen LogP contribution in [-0.2, 0) is 16.0 Å². The van der Waals surface area contributed by atoms with Crippen molar-refractivity contribution in [2.24, 2.45) is 0 Å². The van der Waals surface area contributed by atoms with Gasteiger partial charge in [-0.3, -0.25) is 4.79 Å². The maximum Gasteiger partial charge on any atom is 0.306 e. The van der Waals surface area contributed by atoms with Gasteiger partial charge in [-0.15, -0.1) is 11.3 Å². The molecule has 2 N–H and O–H groups in total. The molecule has 0 amide bonds. The molecule has 0 bridgehead atoms. The average molecular weight is 352 g/mol. The summed E-state index contributed by atoms with van der Waals surface area (Å²) in [6.07, 6.45) is 1.10. The van der Waals surface area contributed by atoms with E-state index in [1.165, 1.54) is 11.3 Å². The number of ether oxygens (including phenoxy) is 1. The van der Waals surface area contributed by atoms with E-state index in [2.05, 4.69) is 41.4 Å². The summed E-state index contributed by atoms with van der Waals surface area (Å²) in [5.74, 6) is -0.151. The molecule has 4 nitrogen and oxygen atoms in total. The van der Waals surface area contributed by atoms with Gasteiger partial charge in [-0.2, -0.15) is 0 Å². The Morgan fingerprint density at radius 2 is 1.88 bits per heavy atom. The van der Waals surface area contributed by atoms with Gasteiger partial charge in [0.15, 0.2) is 5.13 Å². The quantitative estimate of drug-likeness (QED) is 0.661. The topological polar surface area (TPSA) is 65.2 Å². The number of nitrogens with two attached hydrogens (primary N) is 1. The molecule has 0 aliphatic rings. The largest absolute Gasteiger partial charge is 0.466 e. The highest BCUT2D eigenvalue weighted by atomic mass is 32.1. The minimum Gasteiger partial charge on any atom is -0.466 e. The van der Waals surface area contributed by atoms with Crippen LogP contribution in [0.2, 0.25) is 0 Å². The molecular weight excluding hydrogens is 332 g/mol. The summed E-state index contributed by atoms with van der Waals surface area (Å²) in [6, 6.07) is 16.5. The standard InChI is InChI=1S/C20H20N2O2S/c1-2-24-19(23)11-8-14-6-9-15(10-7-14)16-4-3-5-17(12-16)18-13-25-20(21)22-18/h3-7,9-10,12-13H,2,8,11H2,1H3,(H2,21,22). The molecule has 0 saturated heterocycles. The van der Waals surface area contributed by atoms with Crippen molar-refractivity contribution in [3.05, 3.63) is 59.5 Å². The molecule has 0 spiro atoms. The fraction of sp³-hybridized carbons (Fsp3) is 0.200. The van der Waals surface area contributed by atoms with Gasteiger partial charge in [0.05, 0.1) is 12.3 Å². The van der Waals surface area contributed by atoms with Crippen molar-refractivity contribution in [3.8, 4) is 22.4 Å². The summed E-state index contributed by atoms with van der Waals surface area (Å²) in [7, 11) is 0. The van der Waals surface area contributed by atoms with E-state index in [0.29, 0.717) is 24.6 Å². The Hall–Kier alpha value is -2.66. The van der Waals surface area contributed by atoms with Crippen molar-refractivity contribution in [2.45, 2.75) is 19.8 Å². The lowest BCUT2D eigenvalue weighted by atomic mass is 10.00. The Morgan fingerprint density at radius 3 is 2.56 bits per heavy atom. The van der Waals surface area contributed by atoms with Crippen LogP contribution in [0.1, 0.15) is 18.9 Å². The number of nitrogens with zero attached hydrogens (tertiary/aromatic N) is 1.